The van der Waals surface area contributed by atoms with Crippen molar-refractivity contribution in [3.05, 3.63) is 23.2 Å². The predicted octanol–water partition coefficient (Wildman–Crippen LogP) is 2.38. The predicted molar refractivity (Wildman–Crippen MR) is 46.5 cm³/mol. The molecule has 12 heavy (non-hydrogen) atoms. The molecule has 0 N–H and O–H groups in total. The van der Waals surface area contributed by atoms with Gasteiger partial charge in [-0.15, -0.1) is 0 Å². The Morgan fingerprint density at radius 3 is 2.92 bits per heavy atom. The fraction of sp³-hybridized carbons (Fsp3) is 0.600. The first-order valence-electron chi connectivity index (χ1n) is 4.52. The van der Waals surface area contributed by atoms with Crippen LogP contribution in [0, 0.1) is 0 Å². The summed E-state index contributed by atoms with van der Waals surface area (Å²) in [7, 11) is 0. The highest BCUT2D eigenvalue weighted by Gasteiger charge is 2.16. The van der Waals surface area contributed by atoms with Crippen molar-refractivity contribution in [2.75, 3.05) is 13.2 Å². The van der Waals surface area contributed by atoms with Gasteiger partial charge in [0.25, 0.3) is 0 Å². The maximum atomic E-state index is 5.57. The molecule has 0 radical (unpaired) electrons. The van der Waals surface area contributed by atoms with E-state index in [0.717, 1.165) is 44.0 Å². The number of rotatable bonds is 0. The average Bonchev–Trinajstić information content (AvgIpc) is 2.28. The minimum atomic E-state index is 0.794. The van der Waals surface area contributed by atoms with Gasteiger partial charge in [-0.05, 0) is 19.4 Å². The molecule has 0 unspecified atom stereocenters. The normalized spacial score (nSPS) is 23.2. The third-order valence-electron chi connectivity index (χ3n) is 2.22. The first kappa shape index (κ1) is 7.71. The summed E-state index contributed by atoms with van der Waals surface area (Å²) < 4.78 is 11.1. The van der Waals surface area contributed by atoms with Crippen molar-refractivity contribution in [1.82, 2.24) is 0 Å². The third-order valence-corrected chi connectivity index (χ3v) is 2.22. The van der Waals surface area contributed by atoms with E-state index in [1.807, 2.05) is 0 Å². The van der Waals surface area contributed by atoms with E-state index in [4.69, 9.17) is 9.47 Å². The molecule has 0 saturated carbocycles. The summed E-state index contributed by atoms with van der Waals surface area (Å²) in [6, 6.07) is 0. The molecule has 0 atom stereocenters. The zero-order valence-corrected chi connectivity index (χ0v) is 7.43. The molecule has 2 rings (SSSR count). The van der Waals surface area contributed by atoms with Crippen molar-refractivity contribution in [3.8, 4) is 0 Å². The molecule has 0 aromatic carbocycles. The van der Waals surface area contributed by atoms with E-state index >= 15 is 0 Å². The van der Waals surface area contributed by atoms with Crippen LogP contribution in [0.1, 0.15) is 26.2 Å². The third kappa shape index (κ3) is 1.47. The Bertz CT molecular complexity index is 238. The van der Waals surface area contributed by atoms with Crippen LogP contribution in [0.5, 0.6) is 0 Å². The second-order valence-electron chi connectivity index (χ2n) is 3.33. The lowest BCUT2D eigenvalue weighted by atomic mass is 10.0. The Kier molecular flexibility index (Phi) is 2.07. The van der Waals surface area contributed by atoms with Gasteiger partial charge in [-0.1, -0.05) is 5.57 Å². The van der Waals surface area contributed by atoms with E-state index < -0.39 is 0 Å². The first-order valence-corrected chi connectivity index (χ1v) is 4.52. The summed E-state index contributed by atoms with van der Waals surface area (Å²) in [6.45, 7) is 3.74. The molecular weight excluding hydrogens is 152 g/mol. The molecule has 0 saturated heterocycles. The van der Waals surface area contributed by atoms with Crippen LogP contribution in [0.15, 0.2) is 23.2 Å². The molecule has 0 amide bonds. The fourth-order valence-electron chi connectivity index (χ4n) is 1.51. The Labute approximate surface area is 72.9 Å². The Morgan fingerprint density at radius 2 is 2.00 bits per heavy atom. The number of hydrogen-bond donors (Lipinski definition) is 0. The van der Waals surface area contributed by atoms with Crippen LogP contribution in [-0.4, -0.2) is 13.2 Å². The maximum absolute atomic E-state index is 5.57. The molecular formula is C10H14O2. The Morgan fingerprint density at radius 1 is 1.17 bits per heavy atom. The molecule has 0 spiro atoms. The highest BCUT2D eigenvalue weighted by molar-refractivity contribution is 5.26. The molecule has 1 aliphatic heterocycles. The molecule has 0 bridgehead atoms. The van der Waals surface area contributed by atoms with Gasteiger partial charge in [-0.25, -0.2) is 0 Å². The van der Waals surface area contributed by atoms with Gasteiger partial charge >= 0.3 is 0 Å². The van der Waals surface area contributed by atoms with E-state index in [1.165, 1.54) is 5.57 Å². The Hall–Kier alpha value is -0.920. The van der Waals surface area contributed by atoms with Crippen molar-refractivity contribution in [3.63, 3.8) is 0 Å². The SMILES string of the molecule is CC1=CC2=C(CC1)OCCCO2. The molecule has 1 heterocycles. The van der Waals surface area contributed by atoms with Crippen molar-refractivity contribution >= 4 is 0 Å². The quantitative estimate of drug-likeness (QED) is 0.550. The lowest BCUT2D eigenvalue weighted by molar-refractivity contribution is 0.203. The van der Waals surface area contributed by atoms with Crippen molar-refractivity contribution in [2.24, 2.45) is 0 Å². The van der Waals surface area contributed by atoms with E-state index in [9.17, 15) is 0 Å². The summed E-state index contributed by atoms with van der Waals surface area (Å²) in [5.74, 6) is 2.02. The standard InChI is InChI=1S/C10H14O2/c1-8-3-4-9-10(7-8)12-6-2-5-11-9/h7H,2-6H2,1H3. The van der Waals surface area contributed by atoms with Gasteiger partial charge in [0.2, 0.25) is 0 Å². The van der Waals surface area contributed by atoms with Crippen LogP contribution in [0.25, 0.3) is 0 Å². The molecule has 0 aromatic heterocycles. The van der Waals surface area contributed by atoms with Gasteiger partial charge in [-0.2, -0.15) is 0 Å². The summed E-state index contributed by atoms with van der Waals surface area (Å²) in [5.41, 5.74) is 1.39. The molecule has 2 nitrogen and oxygen atoms in total. The van der Waals surface area contributed by atoms with Gasteiger partial charge in [-0.3, -0.25) is 0 Å². The van der Waals surface area contributed by atoms with Crippen LogP contribution in [0.4, 0.5) is 0 Å². The zero-order valence-electron chi connectivity index (χ0n) is 7.43. The topological polar surface area (TPSA) is 18.5 Å². The molecule has 2 heteroatoms. The highest BCUT2D eigenvalue weighted by Crippen LogP contribution is 2.26. The average molecular weight is 166 g/mol. The van der Waals surface area contributed by atoms with Crippen LogP contribution in [0.2, 0.25) is 0 Å². The smallest absolute Gasteiger partial charge is 0.156 e. The molecule has 1 aliphatic carbocycles. The highest BCUT2D eigenvalue weighted by atomic mass is 16.5. The van der Waals surface area contributed by atoms with Gasteiger partial charge in [0, 0.05) is 12.8 Å². The van der Waals surface area contributed by atoms with Gasteiger partial charge in [0.05, 0.1) is 13.2 Å². The maximum Gasteiger partial charge on any atom is 0.156 e. The van der Waals surface area contributed by atoms with Gasteiger partial charge in [0.15, 0.2) is 5.76 Å². The first-order chi connectivity index (χ1) is 5.86. The van der Waals surface area contributed by atoms with Crippen molar-refractivity contribution < 1.29 is 9.47 Å². The number of allylic oxidation sites excluding steroid dienone is 3. The zero-order chi connectivity index (χ0) is 8.39. The Balaban J connectivity index is 2.21. The van der Waals surface area contributed by atoms with Gasteiger partial charge < -0.3 is 9.47 Å². The van der Waals surface area contributed by atoms with Crippen LogP contribution < -0.4 is 0 Å². The van der Waals surface area contributed by atoms with Crippen LogP contribution >= 0.6 is 0 Å². The fourth-order valence-corrected chi connectivity index (χ4v) is 1.51. The van der Waals surface area contributed by atoms with E-state index in [-0.39, 0.29) is 0 Å². The summed E-state index contributed by atoms with van der Waals surface area (Å²) in [6.07, 6.45) is 5.23. The number of ether oxygens (including phenoxy) is 2. The van der Waals surface area contributed by atoms with E-state index in [1.54, 1.807) is 0 Å². The lowest BCUT2D eigenvalue weighted by Crippen LogP contribution is -2.01. The minimum Gasteiger partial charge on any atom is -0.494 e. The number of hydrogen-bond acceptors (Lipinski definition) is 2. The van der Waals surface area contributed by atoms with Crippen molar-refractivity contribution in [1.29, 1.82) is 0 Å². The summed E-state index contributed by atoms with van der Waals surface area (Å²) in [5, 5.41) is 0. The second kappa shape index (κ2) is 3.21. The lowest BCUT2D eigenvalue weighted by Gasteiger charge is -2.15. The molecule has 0 fully saturated rings. The second-order valence-corrected chi connectivity index (χ2v) is 3.33. The summed E-state index contributed by atoms with van der Waals surface area (Å²) >= 11 is 0. The van der Waals surface area contributed by atoms with E-state index in [0.29, 0.717) is 0 Å². The molecule has 2 aliphatic rings. The molecule has 66 valence electrons. The monoisotopic (exact) mass is 166 g/mol. The van der Waals surface area contributed by atoms with Crippen LogP contribution in [0.3, 0.4) is 0 Å². The largest absolute Gasteiger partial charge is 0.494 e. The minimum absolute atomic E-state index is 0.794. The summed E-state index contributed by atoms with van der Waals surface area (Å²) in [4.78, 5) is 0. The van der Waals surface area contributed by atoms with Crippen molar-refractivity contribution in [2.45, 2.75) is 26.2 Å². The van der Waals surface area contributed by atoms with E-state index in [2.05, 4.69) is 13.0 Å². The van der Waals surface area contributed by atoms with Gasteiger partial charge in [0.1, 0.15) is 5.76 Å². The van der Waals surface area contributed by atoms with Crippen LogP contribution in [-0.2, 0) is 9.47 Å². The molecule has 0 aromatic rings.